The predicted molar refractivity (Wildman–Crippen MR) is 75.1 cm³/mol. The van der Waals surface area contributed by atoms with Crippen LogP contribution in [0, 0.1) is 0 Å². The number of carbonyl (C=O) groups is 1. The Labute approximate surface area is 123 Å². The fourth-order valence-electron chi connectivity index (χ4n) is 1.98. The van der Waals surface area contributed by atoms with E-state index in [1.807, 2.05) is 12.3 Å². The number of rotatable bonds is 5. The summed E-state index contributed by atoms with van der Waals surface area (Å²) >= 11 is 1.48. The van der Waals surface area contributed by atoms with Crippen LogP contribution in [0.25, 0.3) is 11.3 Å². The predicted octanol–water partition coefficient (Wildman–Crippen LogP) is 1.36. The average molecular weight is 304 g/mol. The van der Waals surface area contributed by atoms with Crippen molar-refractivity contribution >= 4 is 17.3 Å². The number of thiazole rings is 1. The molecule has 0 aliphatic heterocycles. The van der Waals surface area contributed by atoms with E-state index in [0.717, 1.165) is 5.69 Å². The fourth-order valence-corrected chi connectivity index (χ4v) is 2.53. The van der Waals surface area contributed by atoms with Crippen LogP contribution < -0.4 is 0 Å². The molecule has 3 aromatic heterocycles. The molecule has 8 nitrogen and oxygen atoms in total. The zero-order valence-electron chi connectivity index (χ0n) is 11.2. The third-order valence-corrected chi connectivity index (χ3v) is 3.60. The quantitative estimate of drug-likeness (QED) is 0.764. The van der Waals surface area contributed by atoms with Crippen molar-refractivity contribution in [2.24, 2.45) is 0 Å². The molecule has 3 aromatic rings. The highest BCUT2D eigenvalue weighted by atomic mass is 32.1. The van der Waals surface area contributed by atoms with Gasteiger partial charge in [0.1, 0.15) is 5.69 Å². The van der Waals surface area contributed by atoms with E-state index in [4.69, 9.17) is 0 Å². The minimum Gasteiger partial charge on any atom is -0.476 e. The van der Waals surface area contributed by atoms with Crippen LogP contribution in [0.15, 0.2) is 23.3 Å². The Hall–Kier alpha value is -2.55. The Morgan fingerprint density at radius 3 is 2.95 bits per heavy atom. The van der Waals surface area contributed by atoms with E-state index in [-0.39, 0.29) is 5.69 Å². The molecule has 21 heavy (non-hydrogen) atoms. The second-order valence-electron chi connectivity index (χ2n) is 4.31. The second-order valence-corrected chi connectivity index (χ2v) is 5.03. The normalized spacial score (nSPS) is 10.9. The molecule has 0 saturated heterocycles. The molecule has 1 N–H and O–H groups in total. The molecule has 0 atom stereocenters. The second kappa shape index (κ2) is 5.44. The number of hydrogen-bond donors (Lipinski definition) is 1. The van der Waals surface area contributed by atoms with E-state index in [0.29, 0.717) is 24.3 Å². The first-order chi connectivity index (χ1) is 10.2. The number of hydrogen-bond acceptors (Lipinski definition) is 6. The highest BCUT2D eigenvalue weighted by Gasteiger charge is 2.22. The van der Waals surface area contributed by atoms with Gasteiger partial charge in [-0.1, -0.05) is 5.21 Å². The van der Waals surface area contributed by atoms with E-state index in [1.54, 1.807) is 22.6 Å². The van der Waals surface area contributed by atoms with Crippen LogP contribution in [-0.4, -0.2) is 40.8 Å². The minimum atomic E-state index is -1.11. The number of aromatic nitrogens is 6. The summed E-state index contributed by atoms with van der Waals surface area (Å²) in [5.41, 5.74) is 3.57. The fraction of sp³-hybridized carbons (Fsp3) is 0.250. The summed E-state index contributed by atoms with van der Waals surface area (Å²) in [6, 6.07) is 0. The number of aryl methyl sites for hydroxylation is 1. The van der Waals surface area contributed by atoms with Gasteiger partial charge in [-0.2, -0.15) is 5.10 Å². The largest absolute Gasteiger partial charge is 0.476 e. The first-order valence-corrected chi connectivity index (χ1v) is 7.20. The van der Waals surface area contributed by atoms with Crippen LogP contribution in [0.2, 0.25) is 0 Å². The van der Waals surface area contributed by atoms with Gasteiger partial charge in [0, 0.05) is 23.7 Å². The van der Waals surface area contributed by atoms with Crippen LogP contribution in [0.1, 0.15) is 23.1 Å². The maximum Gasteiger partial charge on any atom is 0.358 e. The van der Waals surface area contributed by atoms with Crippen molar-refractivity contribution in [3.05, 3.63) is 34.7 Å². The summed E-state index contributed by atoms with van der Waals surface area (Å²) in [5, 5.41) is 23.0. The molecule has 0 aromatic carbocycles. The molecule has 0 saturated carbocycles. The van der Waals surface area contributed by atoms with Gasteiger partial charge < -0.3 is 5.11 Å². The van der Waals surface area contributed by atoms with Gasteiger partial charge in [-0.3, -0.25) is 4.68 Å². The van der Waals surface area contributed by atoms with Crippen molar-refractivity contribution in [1.29, 1.82) is 0 Å². The van der Waals surface area contributed by atoms with E-state index < -0.39 is 5.97 Å². The molecular weight excluding hydrogens is 292 g/mol. The summed E-state index contributed by atoms with van der Waals surface area (Å²) in [5.74, 6) is -1.11. The lowest BCUT2D eigenvalue weighted by molar-refractivity contribution is 0.0691. The molecule has 9 heteroatoms. The van der Waals surface area contributed by atoms with Gasteiger partial charge in [0.15, 0.2) is 5.69 Å². The summed E-state index contributed by atoms with van der Waals surface area (Å²) in [6.45, 7) is 3.03. The first kappa shape index (κ1) is 13.4. The molecule has 0 amide bonds. The molecule has 0 aliphatic carbocycles. The molecular formula is C12H12N6O2S. The van der Waals surface area contributed by atoms with Crippen molar-refractivity contribution in [3.8, 4) is 11.3 Å². The molecule has 0 fully saturated rings. The van der Waals surface area contributed by atoms with E-state index in [9.17, 15) is 9.90 Å². The van der Waals surface area contributed by atoms with Gasteiger partial charge >= 0.3 is 5.97 Å². The van der Waals surface area contributed by atoms with Gasteiger partial charge in [-0.05, 0) is 6.92 Å². The number of aromatic carboxylic acids is 1. The third-order valence-electron chi connectivity index (χ3n) is 2.96. The maximum atomic E-state index is 11.3. The SMILES string of the molecule is CCn1cc(-c2c(C(=O)O)nnn2Cc2cscn2)cn1. The smallest absolute Gasteiger partial charge is 0.358 e. The summed E-state index contributed by atoms with van der Waals surface area (Å²) in [4.78, 5) is 15.5. The zero-order chi connectivity index (χ0) is 14.8. The van der Waals surface area contributed by atoms with E-state index >= 15 is 0 Å². The van der Waals surface area contributed by atoms with Crippen LogP contribution in [0.4, 0.5) is 0 Å². The number of carboxylic acids is 1. The van der Waals surface area contributed by atoms with Gasteiger partial charge in [0.25, 0.3) is 0 Å². The summed E-state index contributed by atoms with van der Waals surface area (Å²) < 4.78 is 3.26. The van der Waals surface area contributed by atoms with E-state index in [1.165, 1.54) is 16.0 Å². The van der Waals surface area contributed by atoms with Crippen LogP contribution in [-0.2, 0) is 13.1 Å². The zero-order valence-corrected chi connectivity index (χ0v) is 12.0. The standard InChI is InChI=1S/C12H12N6O2S/c1-2-17-4-8(3-14-17)11-10(12(19)20)15-16-18(11)5-9-6-21-7-13-9/h3-4,6-7H,2,5H2,1H3,(H,19,20). The van der Waals surface area contributed by atoms with Crippen LogP contribution in [0.5, 0.6) is 0 Å². The molecule has 0 unspecified atom stereocenters. The lowest BCUT2D eigenvalue weighted by atomic mass is 10.2. The van der Waals surface area contributed by atoms with Crippen molar-refractivity contribution in [3.63, 3.8) is 0 Å². The summed E-state index contributed by atoms with van der Waals surface area (Å²) in [6.07, 6.45) is 3.40. The Morgan fingerprint density at radius 1 is 1.48 bits per heavy atom. The van der Waals surface area contributed by atoms with Crippen LogP contribution >= 0.6 is 11.3 Å². The van der Waals surface area contributed by atoms with Crippen LogP contribution in [0.3, 0.4) is 0 Å². The van der Waals surface area contributed by atoms with Gasteiger partial charge in [0.05, 0.1) is 23.9 Å². The monoisotopic (exact) mass is 304 g/mol. The maximum absolute atomic E-state index is 11.3. The van der Waals surface area contributed by atoms with Crippen molar-refractivity contribution < 1.29 is 9.90 Å². The topological polar surface area (TPSA) is 98.7 Å². The first-order valence-electron chi connectivity index (χ1n) is 6.25. The number of nitrogens with zero attached hydrogens (tertiary/aromatic N) is 6. The Morgan fingerprint density at radius 2 is 2.33 bits per heavy atom. The third kappa shape index (κ3) is 2.55. The summed E-state index contributed by atoms with van der Waals surface area (Å²) in [7, 11) is 0. The molecule has 0 aliphatic rings. The van der Waals surface area contributed by atoms with Crippen molar-refractivity contribution in [1.82, 2.24) is 29.8 Å². The molecule has 0 spiro atoms. The highest BCUT2D eigenvalue weighted by molar-refractivity contribution is 7.07. The molecule has 3 rings (SSSR count). The lowest BCUT2D eigenvalue weighted by Gasteiger charge is -2.03. The Balaban J connectivity index is 2.06. The average Bonchev–Trinajstić information content (AvgIpc) is 3.18. The minimum absolute atomic E-state index is 0.0825. The van der Waals surface area contributed by atoms with Crippen molar-refractivity contribution in [2.75, 3.05) is 0 Å². The number of carboxylic acid groups (broad SMARTS) is 1. The van der Waals surface area contributed by atoms with Gasteiger partial charge in [-0.15, -0.1) is 16.4 Å². The molecule has 0 bridgehead atoms. The Bertz CT molecular complexity index is 761. The Kier molecular flexibility index (Phi) is 3.48. The highest BCUT2D eigenvalue weighted by Crippen LogP contribution is 2.22. The molecule has 3 heterocycles. The molecule has 0 radical (unpaired) electrons. The lowest BCUT2D eigenvalue weighted by Crippen LogP contribution is -2.06. The van der Waals surface area contributed by atoms with Gasteiger partial charge in [-0.25, -0.2) is 14.5 Å². The van der Waals surface area contributed by atoms with Gasteiger partial charge in [0.2, 0.25) is 0 Å². The van der Waals surface area contributed by atoms with E-state index in [2.05, 4.69) is 20.4 Å². The molecule has 108 valence electrons. The van der Waals surface area contributed by atoms with Crippen molar-refractivity contribution in [2.45, 2.75) is 20.0 Å².